The van der Waals surface area contributed by atoms with Crippen molar-refractivity contribution in [2.75, 3.05) is 6.54 Å². The summed E-state index contributed by atoms with van der Waals surface area (Å²) in [6, 6.07) is 15.4. The number of urea groups is 1. The number of nitrogens with zero attached hydrogens (tertiary/aromatic N) is 3. The van der Waals surface area contributed by atoms with Crippen molar-refractivity contribution in [1.82, 2.24) is 20.4 Å². The highest BCUT2D eigenvalue weighted by Gasteiger charge is 2.13. The van der Waals surface area contributed by atoms with E-state index in [1.165, 1.54) is 12.1 Å². The van der Waals surface area contributed by atoms with Gasteiger partial charge in [-0.25, -0.2) is 9.48 Å². The molecule has 8 heteroatoms. The van der Waals surface area contributed by atoms with Crippen LogP contribution in [0.2, 0.25) is 0 Å². The third-order valence-electron chi connectivity index (χ3n) is 4.28. The lowest BCUT2D eigenvalue weighted by Gasteiger charge is -2.14. The summed E-state index contributed by atoms with van der Waals surface area (Å²) in [6.07, 6.45) is 4.35. The Morgan fingerprint density at radius 2 is 2.00 bits per heavy atom. The van der Waals surface area contributed by atoms with E-state index in [9.17, 15) is 14.9 Å². The third-order valence-corrected chi connectivity index (χ3v) is 4.28. The molecular weight excluding hydrogens is 358 g/mol. The van der Waals surface area contributed by atoms with Crippen molar-refractivity contribution in [1.29, 1.82) is 0 Å². The summed E-state index contributed by atoms with van der Waals surface area (Å²) in [5.74, 6) is 0. The van der Waals surface area contributed by atoms with Crippen LogP contribution in [-0.4, -0.2) is 27.3 Å². The first-order chi connectivity index (χ1) is 13.5. The zero-order valence-corrected chi connectivity index (χ0v) is 15.4. The van der Waals surface area contributed by atoms with Gasteiger partial charge in [0, 0.05) is 24.9 Å². The van der Waals surface area contributed by atoms with Crippen LogP contribution in [0.3, 0.4) is 0 Å². The van der Waals surface area contributed by atoms with Gasteiger partial charge in [0.15, 0.2) is 0 Å². The van der Waals surface area contributed by atoms with Crippen LogP contribution in [0.5, 0.6) is 0 Å². The fraction of sp³-hybridized carbons (Fsp3) is 0.200. The van der Waals surface area contributed by atoms with Crippen LogP contribution in [0.25, 0.3) is 5.69 Å². The molecule has 144 valence electrons. The normalized spacial score (nSPS) is 11.6. The molecule has 3 rings (SSSR count). The summed E-state index contributed by atoms with van der Waals surface area (Å²) in [5.41, 5.74) is 2.66. The average molecular weight is 379 g/mol. The lowest BCUT2D eigenvalue weighted by molar-refractivity contribution is -0.384. The van der Waals surface area contributed by atoms with Crippen LogP contribution < -0.4 is 10.6 Å². The molecule has 3 aromatic rings. The monoisotopic (exact) mass is 379 g/mol. The SMILES string of the molecule is CC(NC(=O)NCCc1cnn(-c2ccccc2)c1)c1cccc([N+](=O)[O-])c1. The largest absolute Gasteiger partial charge is 0.338 e. The molecule has 2 amide bonds. The van der Waals surface area contributed by atoms with Crippen molar-refractivity contribution in [3.05, 3.63) is 88.2 Å². The van der Waals surface area contributed by atoms with Crippen LogP contribution >= 0.6 is 0 Å². The summed E-state index contributed by atoms with van der Waals surface area (Å²) in [4.78, 5) is 22.5. The van der Waals surface area contributed by atoms with E-state index >= 15 is 0 Å². The van der Waals surface area contributed by atoms with E-state index in [0.717, 1.165) is 11.3 Å². The molecule has 1 aromatic heterocycles. The number of hydrogen-bond acceptors (Lipinski definition) is 4. The Labute approximate surface area is 162 Å². The van der Waals surface area contributed by atoms with E-state index in [0.29, 0.717) is 18.5 Å². The van der Waals surface area contributed by atoms with Gasteiger partial charge < -0.3 is 10.6 Å². The van der Waals surface area contributed by atoms with Gasteiger partial charge in [0.2, 0.25) is 0 Å². The Balaban J connectivity index is 1.48. The molecule has 0 radical (unpaired) electrons. The van der Waals surface area contributed by atoms with Gasteiger partial charge >= 0.3 is 6.03 Å². The second-order valence-electron chi connectivity index (χ2n) is 6.35. The van der Waals surface area contributed by atoms with Gasteiger partial charge in [0.05, 0.1) is 22.8 Å². The van der Waals surface area contributed by atoms with Crippen LogP contribution in [0, 0.1) is 10.1 Å². The molecule has 0 aliphatic heterocycles. The summed E-state index contributed by atoms with van der Waals surface area (Å²) < 4.78 is 1.79. The van der Waals surface area contributed by atoms with E-state index in [-0.39, 0.29) is 17.8 Å². The summed E-state index contributed by atoms with van der Waals surface area (Å²) in [5, 5.41) is 20.8. The Hall–Kier alpha value is -3.68. The number of nitro benzene ring substituents is 1. The molecule has 8 nitrogen and oxygen atoms in total. The number of hydrogen-bond donors (Lipinski definition) is 2. The minimum absolute atomic E-state index is 0.00184. The highest BCUT2D eigenvalue weighted by Crippen LogP contribution is 2.18. The van der Waals surface area contributed by atoms with Crippen molar-refractivity contribution < 1.29 is 9.72 Å². The number of para-hydroxylation sites is 1. The molecule has 0 aliphatic carbocycles. The standard InChI is InChI=1S/C20H21N5O3/c1-15(17-6-5-9-19(12-17)25(27)28)23-20(26)21-11-10-16-13-22-24(14-16)18-7-3-2-4-8-18/h2-9,12-15H,10-11H2,1H3,(H2,21,23,26). The number of non-ortho nitro benzene ring substituents is 1. The second kappa shape index (κ2) is 8.81. The predicted molar refractivity (Wildman–Crippen MR) is 105 cm³/mol. The first kappa shape index (κ1) is 19.1. The molecule has 28 heavy (non-hydrogen) atoms. The van der Waals surface area contributed by atoms with Crippen molar-refractivity contribution in [3.8, 4) is 5.69 Å². The van der Waals surface area contributed by atoms with Gasteiger partial charge in [-0.2, -0.15) is 5.10 Å². The van der Waals surface area contributed by atoms with Crippen LogP contribution in [0.15, 0.2) is 67.0 Å². The maximum Gasteiger partial charge on any atom is 0.315 e. The van der Waals surface area contributed by atoms with Gasteiger partial charge in [0.1, 0.15) is 0 Å². The average Bonchev–Trinajstić information content (AvgIpc) is 3.17. The van der Waals surface area contributed by atoms with Crippen LogP contribution in [0.4, 0.5) is 10.5 Å². The summed E-state index contributed by atoms with van der Waals surface area (Å²) >= 11 is 0. The first-order valence-electron chi connectivity index (χ1n) is 8.90. The molecule has 1 atom stereocenters. The Morgan fingerprint density at radius 3 is 2.75 bits per heavy atom. The summed E-state index contributed by atoms with van der Waals surface area (Å²) in [6.45, 7) is 2.23. The summed E-state index contributed by atoms with van der Waals surface area (Å²) in [7, 11) is 0. The number of carbonyl (C=O) groups excluding carboxylic acids is 1. The highest BCUT2D eigenvalue weighted by molar-refractivity contribution is 5.74. The molecule has 0 bridgehead atoms. The van der Waals surface area contributed by atoms with Crippen molar-refractivity contribution in [2.45, 2.75) is 19.4 Å². The predicted octanol–water partition coefficient (Wildman–Crippen LogP) is 3.38. The molecular formula is C20H21N5O3. The maximum absolute atomic E-state index is 12.1. The quantitative estimate of drug-likeness (QED) is 0.485. The lowest BCUT2D eigenvalue weighted by Crippen LogP contribution is -2.38. The molecule has 0 aliphatic rings. The molecule has 0 fully saturated rings. The zero-order valence-electron chi connectivity index (χ0n) is 15.4. The first-order valence-corrected chi connectivity index (χ1v) is 8.90. The Morgan fingerprint density at radius 1 is 1.21 bits per heavy atom. The number of nitrogens with one attached hydrogen (secondary N) is 2. The van der Waals surface area contributed by atoms with Crippen molar-refractivity contribution in [2.24, 2.45) is 0 Å². The number of aromatic nitrogens is 2. The van der Waals surface area contributed by atoms with E-state index in [1.807, 2.05) is 36.5 Å². The van der Waals surface area contributed by atoms with Gasteiger partial charge in [-0.3, -0.25) is 10.1 Å². The smallest absolute Gasteiger partial charge is 0.315 e. The van der Waals surface area contributed by atoms with E-state index in [4.69, 9.17) is 0 Å². The molecule has 1 unspecified atom stereocenters. The number of amides is 2. The number of benzene rings is 2. The van der Waals surface area contributed by atoms with Gasteiger partial charge in [0.25, 0.3) is 5.69 Å². The molecule has 2 aromatic carbocycles. The second-order valence-corrected chi connectivity index (χ2v) is 6.35. The number of carbonyl (C=O) groups is 1. The van der Waals surface area contributed by atoms with Crippen LogP contribution in [-0.2, 0) is 6.42 Å². The third kappa shape index (κ3) is 4.94. The molecule has 2 N–H and O–H groups in total. The molecule has 0 saturated heterocycles. The van der Waals surface area contributed by atoms with E-state index in [2.05, 4.69) is 15.7 Å². The number of nitro groups is 1. The zero-order chi connectivity index (χ0) is 19.9. The topological polar surface area (TPSA) is 102 Å². The molecule has 0 saturated carbocycles. The minimum Gasteiger partial charge on any atom is -0.338 e. The molecule has 0 spiro atoms. The van der Waals surface area contributed by atoms with E-state index in [1.54, 1.807) is 29.9 Å². The fourth-order valence-electron chi connectivity index (χ4n) is 2.77. The highest BCUT2D eigenvalue weighted by atomic mass is 16.6. The lowest BCUT2D eigenvalue weighted by atomic mass is 10.1. The van der Waals surface area contributed by atoms with Gasteiger partial charge in [-0.1, -0.05) is 30.3 Å². The minimum atomic E-state index is -0.452. The van der Waals surface area contributed by atoms with E-state index < -0.39 is 4.92 Å². The van der Waals surface area contributed by atoms with Crippen molar-refractivity contribution >= 4 is 11.7 Å². The van der Waals surface area contributed by atoms with Crippen LogP contribution in [0.1, 0.15) is 24.1 Å². The van der Waals surface area contributed by atoms with Crippen molar-refractivity contribution in [3.63, 3.8) is 0 Å². The number of rotatable bonds is 7. The molecule has 1 heterocycles. The Bertz CT molecular complexity index is 955. The van der Waals surface area contributed by atoms with Gasteiger partial charge in [-0.15, -0.1) is 0 Å². The fourth-order valence-corrected chi connectivity index (χ4v) is 2.77. The Kier molecular flexibility index (Phi) is 6.01. The van der Waals surface area contributed by atoms with Gasteiger partial charge in [-0.05, 0) is 36.6 Å². The maximum atomic E-state index is 12.1.